The highest BCUT2D eigenvalue weighted by Crippen LogP contribution is 2.27. The molecular weight excluding hydrogens is 432 g/mol. The molecule has 0 saturated carbocycles. The van der Waals surface area contributed by atoms with Gasteiger partial charge in [0.15, 0.2) is 11.5 Å². The van der Waals surface area contributed by atoms with Crippen molar-refractivity contribution in [3.8, 4) is 11.5 Å². The molecule has 2 amide bonds. The number of anilines is 1. The Kier molecular flexibility index (Phi) is 9.58. The number of nitrogens with one attached hydrogen (secondary N) is 2. The lowest BCUT2D eigenvalue weighted by atomic mass is 10.2. The molecule has 0 bridgehead atoms. The standard InChI is InChI=1S/C26H36N4O4/c1-20-7-6-8-22(17-20)30-15-13-29(14-16-30)12-5-4-11-27-25(31)19-28-26(32)21-9-10-23(33-2)24(18-21)34-3/h6-10,17-18H,4-5,11-16,19H2,1-3H3,(H,27,31)(H,28,32). The number of rotatable bonds is 11. The number of carbonyl (C=O) groups excluding carboxylic acids is 2. The summed E-state index contributed by atoms with van der Waals surface area (Å²) in [4.78, 5) is 29.3. The number of piperazine rings is 1. The molecule has 2 N–H and O–H groups in total. The van der Waals surface area contributed by atoms with Crippen LogP contribution >= 0.6 is 0 Å². The lowest BCUT2D eigenvalue weighted by molar-refractivity contribution is -0.120. The largest absolute Gasteiger partial charge is 0.493 e. The zero-order chi connectivity index (χ0) is 24.3. The van der Waals surface area contributed by atoms with Crippen molar-refractivity contribution in [1.82, 2.24) is 15.5 Å². The number of amides is 2. The van der Waals surface area contributed by atoms with E-state index in [1.807, 2.05) is 0 Å². The van der Waals surface area contributed by atoms with E-state index in [1.54, 1.807) is 18.2 Å². The smallest absolute Gasteiger partial charge is 0.251 e. The van der Waals surface area contributed by atoms with Crippen LogP contribution in [0.25, 0.3) is 0 Å². The summed E-state index contributed by atoms with van der Waals surface area (Å²) in [5.74, 6) is 0.489. The Morgan fingerprint density at radius 1 is 0.912 bits per heavy atom. The average molecular weight is 469 g/mol. The van der Waals surface area contributed by atoms with Gasteiger partial charge in [-0.2, -0.15) is 0 Å². The van der Waals surface area contributed by atoms with Crippen LogP contribution in [0.15, 0.2) is 42.5 Å². The number of hydrogen-bond donors (Lipinski definition) is 2. The molecule has 8 nitrogen and oxygen atoms in total. The van der Waals surface area contributed by atoms with Gasteiger partial charge in [0.1, 0.15) is 0 Å². The maximum atomic E-state index is 12.3. The van der Waals surface area contributed by atoms with Gasteiger partial charge in [0, 0.05) is 44.0 Å². The minimum absolute atomic E-state index is 0.0614. The minimum atomic E-state index is -0.332. The van der Waals surface area contributed by atoms with Crippen molar-refractivity contribution in [2.24, 2.45) is 0 Å². The van der Waals surface area contributed by atoms with Gasteiger partial charge in [0.05, 0.1) is 20.8 Å². The van der Waals surface area contributed by atoms with Gasteiger partial charge in [-0.15, -0.1) is 0 Å². The Hall–Kier alpha value is -3.26. The van der Waals surface area contributed by atoms with E-state index < -0.39 is 0 Å². The summed E-state index contributed by atoms with van der Waals surface area (Å²) in [5.41, 5.74) is 3.01. The van der Waals surface area contributed by atoms with Crippen LogP contribution < -0.4 is 25.0 Å². The SMILES string of the molecule is COc1ccc(C(=O)NCC(=O)NCCCCN2CCN(c3cccc(C)c3)CC2)cc1OC. The normalized spacial score (nSPS) is 13.9. The third-order valence-corrected chi connectivity index (χ3v) is 6.02. The zero-order valence-corrected chi connectivity index (χ0v) is 20.4. The first-order chi connectivity index (χ1) is 16.5. The van der Waals surface area contributed by atoms with E-state index >= 15 is 0 Å². The Morgan fingerprint density at radius 3 is 2.38 bits per heavy atom. The van der Waals surface area contributed by atoms with Gasteiger partial charge >= 0.3 is 0 Å². The van der Waals surface area contributed by atoms with Crippen LogP contribution in [0, 0.1) is 6.92 Å². The van der Waals surface area contributed by atoms with Crippen LogP contribution in [0.4, 0.5) is 5.69 Å². The number of unbranched alkanes of at least 4 members (excludes halogenated alkanes) is 1. The number of carbonyl (C=O) groups is 2. The Morgan fingerprint density at radius 2 is 1.68 bits per heavy atom. The molecule has 184 valence electrons. The molecule has 1 heterocycles. The molecule has 3 rings (SSSR count). The van der Waals surface area contributed by atoms with Crippen molar-refractivity contribution in [2.45, 2.75) is 19.8 Å². The second-order valence-electron chi connectivity index (χ2n) is 8.48. The number of aryl methyl sites for hydroxylation is 1. The number of methoxy groups -OCH3 is 2. The zero-order valence-electron chi connectivity index (χ0n) is 20.4. The second kappa shape index (κ2) is 12.8. The summed E-state index contributed by atoms with van der Waals surface area (Å²) in [5, 5.41) is 5.52. The predicted octanol–water partition coefficient (Wildman–Crippen LogP) is 2.46. The van der Waals surface area contributed by atoms with E-state index in [4.69, 9.17) is 9.47 Å². The van der Waals surface area contributed by atoms with E-state index in [0.717, 1.165) is 45.6 Å². The molecule has 0 radical (unpaired) electrons. The fourth-order valence-electron chi connectivity index (χ4n) is 4.05. The quantitative estimate of drug-likeness (QED) is 0.493. The summed E-state index contributed by atoms with van der Waals surface area (Å²) in [6.45, 7) is 7.91. The molecule has 1 fully saturated rings. The highest BCUT2D eigenvalue weighted by atomic mass is 16.5. The number of hydrogen-bond acceptors (Lipinski definition) is 6. The Bertz CT molecular complexity index is 958. The average Bonchev–Trinajstić information content (AvgIpc) is 2.87. The van der Waals surface area contributed by atoms with Crippen molar-refractivity contribution in [3.63, 3.8) is 0 Å². The van der Waals surface area contributed by atoms with Crippen LogP contribution in [-0.2, 0) is 4.79 Å². The molecule has 34 heavy (non-hydrogen) atoms. The van der Waals surface area contributed by atoms with Gasteiger partial charge in [-0.3, -0.25) is 14.5 Å². The van der Waals surface area contributed by atoms with Crippen molar-refractivity contribution in [3.05, 3.63) is 53.6 Å². The van der Waals surface area contributed by atoms with Crippen LogP contribution in [-0.4, -0.2) is 76.7 Å². The third-order valence-electron chi connectivity index (χ3n) is 6.02. The first-order valence-electron chi connectivity index (χ1n) is 11.8. The van der Waals surface area contributed by atoms with Crippen LogP contribution in [0.2, 0.25) is 0 Å². The van der Waals surface area contributed by atoms with Gasteiger partial charge in [-0.05, 0) is 62.2 Å². The molecule has 1 aliphatic heterocycles. The summed E-state index contributed by atoms with van der Waals surface area (Å²) >= 11 is 0. The molecule has 0 aliphatic carbocycles. The lowest BCUT2D eigenvalue weighted by Gasteiger charge is -2.36. The van der Waals surface area contributed by atoms with Crippen molar-refractivity contribution < 1.29 is 19.1 Å². The summed E-state index contributed by atoms with van der Waals surface area (Å²) in [6, 6.07) is 13.6. The highest BCUT2D eigenvalue weighted by molar-refractivity contribution is 5.97. The fourth-order valence-corrected chi connectivity index (χ4v) is 4.05. The van der Waals surface area contributed by atoms with Gasteiger partial charge in [-0.25, -0.2) is 0 Å². The van der Waals surface area contributed by atoms with Gasteiger partial charge in [-0.1, -0.05) is 12.1 Å². The maximum absolute atomic E-state index is 12.3. The first kappa shape index (κ1) is 25.4. The van der Waals surface area contributed by atoms with E-state index in [-0.39, 0.29) is 18.4 Å². The Labute approximate surface area is 202 Å². The Balaban J connectivity index is 1.27. The summed E-state index contributed by atoms with van der Waals surface area (Å²) < 4.78 is 10.4. The van der Waals surface area contributed by atoms with E-state index in [2.05, 4.69) is 51.6 Å². The maximum Gasteiger partial charge on any atom is 0.251 e. The molecule has 0 spiro atoms. The molecule has 2 aromatic rings. The highest BCUT2D eigenvalue weighted by Gasteiger charge is 2.17. The van der Waals surface area contributed by atoms with Gasteiger partial charge in [0.2, 0.25) is 5.91 Å². The summed E-state index contributed by atoms with van der Waals surface area (Å²) in [7, 11) is 3.05. The van der Waals surface area contributed by atoms with Crippen molar-refractivity contribution in [1.29, 1.82) is 0 Å². The number of nitrogens with zero attached hydrogens (tertiary/aromatic N) is 2. The van der Waals surface area contributed by atoms with Gasteiger partial charge < -0.3 is 25.0 Å². The van der Waals surface area contributed by atoms with Crippen LogP contribution in [0.1, 0.15) is 28.8 Å². The summed E-state index contributed by atoms with van der Waals surface area (Å²) in [6.07, 6.45) is 1.94. The topological polar surface area (TPSA) is 83.1 Å². The number of ether oxygens (including phenoxy) is 2. The molecule has 1 aliphatic rings. The molecule has 0 unspecified atom stereocenters. The van der Waals surface area contributed by atoms with Crippen LogP contribution in [0.5, 0.6) is 11.5 Å². The van der Waals surface area contributed by atoms with Crippen molar-refractivity contribution in [2.75, 3.05) is 64.9 Å². The molecule has 1 saturated heterocycles. The van der Waals surface area contributed by atoms with Crippen LogP contribution in [0.3, 0.4) is 0 Å². The fraction of sp³-hybridized carbons (Fsp3) is 0.462. The number of benzene rings is 2. The first-order valence-corrected chi connectivity index (χ1v) is 11.8. The van der Waals surface area contributed by atoms with E-state index in [0.29, 0.717) is 23.6 Å². The van der Waals surface area contributed by atoms with E-state index in [1.165, 1.54) is 25.5 Å². The molecule has 0 aromatic heterocycles. The second-order valence-corrected chi connectivity index (χ2v) is 8.48. The third kappa shape index (κ3) is 7.38. The molecule has 8 heteroatoms. The lowest BCUT2D eigenvalue weighted by Crippen LogP contribution is -2.46. The van der Waals surface area contributed by atoms with E-state index in [9.17, 15) is 9.59 Å². The van der Waals surface area contributed by atoms with Gasteiger partial charge in [0.25, 0.3) is 5.91 Å². The predicted molar refractivity (Wildman–Crippen MR) is 134 cm³/mol. The molecule has 2 aromatic carbocycles. The molecular formula is C26H36N4O4. The monoisotopic (exact) mass is 468 g/mol. The minimum Gasteiger partial charge on any atom is -0.493 e. The molecule has 0 atom stereocenters. The van der Waals surface area contributed by atoms with Crippen molar-refractivity contribution >= 4 is 17.5 Å².